The fourth-order valence-corrected chi connectivity index (χ4v) is 5.32. The van der Waals surface area contributed by atoms with Gasteiger partial charge in [0.2, 0.25) is 5.91 Å². The third kappa shape index (κ3) is 3.65. The molecule has 0 saturated carbocycles. The van der Waals surface area contributed by atoms with Gasteiger partial charge in [0, 0.05) is 10.4 Å². The van der Waals surface area contributed by atoms with E-state index in [1.807, 2.05) is 18.2 Å². The highest BCUT2D eigenvalue weighted by Gasteiger charge is 2.23. The Labute approximate surface area is 167 Å². The lowest BCUT2D eigenvalue weighted by Gasteiger charge is -2.13. The summed E-state index contributed by atoms with van der Waals surface area (Å²) >= 11 is 1.40. The van der Waals surface area contributed by atoms with E-state index in [4.69, 9.17) is 4.74 Å². The summed E-state index contributed by atoms with van der Waals surface area (Å²) in [7, 11) is -2.24. The Kier molecular flexibility index (Phi) is 4.91. The average Bonchev–Trinajstić information content (AvgIpc) is 3.10. The third-order valence-corrected chi connectivity index (χ3v) is 7.24. The molecule has 0 fully saturated rings. The van der Waals surface area contributed by atoms with E-state index in [0.717, 1.165) is 29.0 Å². The zero-order valence-electron chi connectivity index (χ0n) is 15.1. The maximum absolute atomic E-state index is 12.5. The molecule has 0 unspecified atom stereocenters. The highest BCUT2D eigenvalue weighted by Crippen LogP contribution is 2.37. The minimum Gasteiger partial charge on any atom is -0.497 e. The van der Waals surface area contributed by atoms with Gasteiger partial charge in [-0.1, -0.05) is 24.3 Å². The molecule has 28 heavy (non-hydrogen) atoms. The molecule has 0 spiro atoms. The van der Waals surface area contributed by atoms with Gasteiger partial charge in [-0.25, -0.2) is 13.4 Å². The Hall–Kier alpha value is -2.71. The molecule has 0 atom stereocenters. The largest absolute Gasteiger partial charge is 0.497 e. The number of nitrogens with zero attached hydrogens (tertiary/aromatic N) is 1. The number of thiazole rings is 1. The molecule has 0 radical (unpaired) electrons. The first-order chi connectivity index (χ1) is 13.5. The predicted molar refractivity (Wildman–Crippen MR) is 109 cm³/mol. The quantitative estimate of drug-likeness (QED) is 0.692. The first-order valence-electron chi connectivity index (χ1n) is 8.71. The van der Waals surface area contributed by atoms with Crippen LogP contribution < -0.4 is 10.1 Å². The van der Waals surface area contributed by atoms with Crippen molar-refractivity contribution in [3.63, 3.8) is 0 Å². The van der Waals surface area contributed by atoms with E-state index in [1.54, 1.807) is 12.1 Å². The SMILES string of the molecule is COc1ccc(S(=O)(=O)CC(=O)Nc2nc3c(s2)CCc2ccccc2-3)cc1. The standard InChI is InChI=1S/C20H18N2O4S2/c1-26-14-7-9-15(10-8-14)28(24,25)12-18(23)21-20-22-19-16-5-3-2-4-13(16)6-11-17(19)27-20/h2-5,7-10H,6,11-12H2,1H3,(H,21,22,23). The van der Waals surface area contributed by atoms with E-state index in [-0.39, 0.29) is 4.90 Å². The summed E-state index contributed by atoms with van der Waals surface area (Å²) in [5.41, 5.74) is 3.19. The number of nitrogens with one attached hydrogen (secondary N) is 1. The van der Waals surface area contributed by atoms with Crippen LogP contribution in [0.3, 0.4) is 0 Å². The molecular weight excluding hydrogens is 396 g/mol. The van der Waals surface area contributed by atoms with E-state index in [0.29, 0.717) is 10.9 Å². The van der Waals surface area contributed by atoms with Gasteiger partial charge in [0.25, 0.3) is 0 Å². The van der Waals surface area contributed by atoms with Gasteiger partial charge in [0.05, 0.1) is 17.7 Å². The zero-order chi connectivity index (χ0) is 19.7. The minimum absolute atomic E-state index is 0.0795. The summed E-state index contributed by atoms with van der Waals surface area (Å²) in [6.07, 6.45) is 1.80. The number of aromatic nitrogens is 1. The lowest BCUT2D eigenvalue weighted by molar-refractivity contribution is -0.113. The van der Waals surface area contributed by atoms with Crippen LogP contribution in [-0.2, 0) is 27.5 Å². The molecule has 2 aromatic carbocycles. The number of amides is 1. The molecule has 1 amide bonds. The van der Waals surface area contributed by atoms with Gasteiger partial charge in [-0.2, -0.15) is 0 Å². The van der Waals surface area contributed by atoms with Crippen molar-refractivity contribution in [2.75, 3.05) is 18.2 Å². The van der Waals surface area contributed by atoms with E-state index in [2.05, 4.69) is 16.4 Å². The van der Waals surface area contributed by atoms with Crippen molar-refractivity contribution in [2.45, 2.75) is 17.7 Å². The van der Waals surface area contributed by atoms with Crippen molar-refractivity contribution in [2.24, 2.45) is 0 Å². The first kappa shape index (κ1) is 18.6. The summed E-state index contributed by atoms with van der Waals surface area (Å²) in [6, 6.07) is 14.0. The van der Waals surface area contributed by atoms with E-state index < -0.39 is 21.5 Å². The Morgan fingerprint density at radius 1 is 1.14 bits per heavy atom. The molecule has 8 heteroatoms. The third-order valence-electron chi connectivity index (χ3n) is 4.58. The average molecular weight is 415 g/mol. The number of hydrogen-bond acceptors (Lipinski definition) is 6. The number of methoxy groups -OCH3 is 1. The molecule has 1 heterocycles. The number of fused-ring (bicyclic) bond motifs is 3. The van der Waals surface area contributed by atoms with Crippen molar-refractivity contribution in [3.05, 3.63) is 59.0 Å². The van der Waals surface area contributed by atoms with Crippen molar-refractivity contribution in [1.29, 1.82) is 0 Å². The molecule has 144 valence electrons. The van der Waals surface area contributed by atoms with Crippen LogP contribution in [0, 0.1) is 0 Å². The van der Waals surface area contributed by atoms with Crippen molar-refractivity contribution >= 4 is 32.2 Å². The lowest BCUT2D eigenvalue weighted by atomic mass is 9.94. The zero-order valence-corrected chi connectivity index (χ0v) is 16.8. The molecule has 0 bridgehead atoms. The van der Waals surface area contributed by atoms with E-state index in [9.17, 15) is 13.2 Å². The van der Waals surface area contributed by atoms with Crippen LogP contribution in [0.1, 0.15) is 10.4 Å². The summed E-state index contributed by atoms with van der Waals surface area (Å²) in [6.45, 7) is 0. The molecule has 1 N–H and O–H groups in total. The van der Waals surface area contributed by atoms with Crippen LogP contribution >= 0.6 is 11.3 Å². The second kappa shape index (κ2) is 7.37. The summed E-state index contributed by atoms with van der Waals surface area (Å²) < 4.78 is 30.0. The van der Waals surface area contributed by atoms with E-state index in [1.165, 1.54) is 36.1 Å². The van der Waals surface area contributed by atoms with Crippen molar-refractivity contribution in [3.8, 4) is 17.0 Å². The molecule has 3 aromatic rings. The van der Waals surface area contributed by atoms with Crippen molar-refractivity contribution in [1.82, 2.24) is 4.98 Å². The van der Waals surface area contributed by atoms with Crippen LogP contribution in [0.5, 0.6) is 5.75 Å². The van der Waals surface area contributed by atoms with Crippen LogP contribution in [-0.4, -0.2) is 32.2 Å². The highest BCUT2D eigenvalue weighted by atomic mass is 32.2. The van der Waals surface area contributed by atoms with Gasteiger partial charge < -0.3 is 10.1 Å². The number of carbonyl (C=O) groups excluding carboxylic acids is 1. The smallest absolute Gasteiger partial charge is 0.241 e. The van der Waals surface area contributed by atoms with E-state index >= 15 is 0 Å². The van der Waals surface area contributed by atoms with Gasteiger partial charge in [-0.05, 0) is 42.7 Å². The van der Waals surface area contributed by atoms with Crippen LogP contribution in [0.2, 0.25) is 0 Å². The molecule has 4 rings (SSSR count). The second-order valence-corrected chi connectivity index (χ2v) is 9.50. The Morgan fingerprint density at radius 3 is 2.64 bits per heavy atom. The number of ether oxygens (including phenoxy) is 1. The van der Waals surface area contributed by atoms with Gasteiger partial charge >= 0.3 is 0 Å². The number of rotatable bonds is 5. The maximum Gasteiger partial charge on any atom is 0.241 e. The molecule has 0 aliphatic heterocycles. The number of aryl methyl sites for hydroxylation is 2. The fraction of sp³-hybridized carbons (Fsp3) is 0.200. The highest BCUT2D eigenvalue weighted by molar-refractivity contribution is 7.92. The Bertz CT molecular complexity index is 1140. The number of carbonyl (C=O) groups is 1. The molecule has 1 aliphatic rings. The van der Waals surface area contributed by atoms with Gasteiger partial charge in [-0.15, -0.1) is 11.3 Å². The summed E-state index contributed by atoms with van der Waals surface area (Å²) in [5.74, 6) is -0.688. The Morgan fingerprint density at radius 2 is 1.89 bits per heavy atom. The monoisotopic (exact) mass is 414 g/mol. The fourth-order valence-electron chi connectivity index (χ4n) is 3.20. The molecule has 6 nitrogen and oxygen atoms in total. The molecule has 1 aliphatic carbocycles. The normalized spacial score (nSPS) is 12.8. The first-order valence-corrected chi connectivity index (χ1v) is 11.2. The van der Waals surface area contributed by atoms with Crippen LogP contribution in [0.15, 0.2) is 53.4 Å². The number of hydrogen-bond donors (Lipinski definition) is 1. The number of anilines is 1. The predicted octanol–water partition coefficient (Wildman–Crippen LogP) is 3.33. The lowest BCUT2D eigenvalue weighted by Crippen LogP contribution is -2.22. The summed E-state index contributed by atoms with van der Waals surface area (Å²) in [5, 5.41) is 3.07. The van der Waals surface area contributed by atoms with Crippen molar-refractivity contribution < 1.29 is 17.9 Å². The second-order valence-electron chi connectivity index (χ2n) is 6.43. The summed E-state index contributed by atoms with van der Waals surface area (Å²) in [4.78, 5) is 18.1. The van der Waals surface area contributed by atoms with Crippen LogP contribution in [0.4, 0.5) is 5.13 Å². The minimum atomic E-state index is -3.75. The maximum atomic E-state index is 12.5. The molecular formula is C20H18N2O4S2. The van der Waals surface area contributed by atoms with Gasteiger partial charge in [-0.3, -0.25) is 4.79 Å². The van der Waals surface area contributed by atoms with Gasteiger partial charge in [0.1, 0.15) is 11.5 Å². The van der Waals surface area contributed by atoms with Crippen LogP contribution in [0.25, 0.3) is 11.3 Å². The van der Waals surface area contributed by atoms with Gasteiger partial charge in [0.15, 0.2) is 15.0 Å². The number of sulfone groups is 1. The topological polar surface area (TPSA) is 85.4 Å². The molecule has 0 saturated heterocycles. The number of benzene rings is 2. The Balaban J connectivity index is 1.50. The molecule has 1 aromatic heterocycles.